The van der Waals surface area contributed by atoms with Crippen molar-refractivity contribution in [1.29, 1.82) is 0 Å². The van der Waals surface area contributed by atoms with E-state index in [2.05, 4.69) is 17.3 Å². The lowest BCUT2D eigenvalue weighted by atomic mass is 9.92. The van der Waals surface area contributed by atoms with Crippen molar-refractivity contribution in [2.75, 3.05) is 0 Å². The van der Waals surface area contributed by atoms with E-state index in [0.29, 0.717) is 0 Å². The third-order valence-electron chi connectivity index (χ3n) is 4.25. The van der Waals surface area contributed by atoms with Crippen LogP contribution in [0, 0.1) is 5.92 Å². The van der Waals surface area contributed by atoms with Crippen molar-refractivity contribution in [2.45, 2.75) is 51.6 Å². The van der Waals surface area contributed by atoms with Crippen LogP contribution in [0.1, 0.15) is 50.4 Å². The van der Waals surface area contributed by atoms with E-state index in [4.69, 9.17) is 5.73 Å². The average molecular weight is 264 g/mol. The normalized spacial score (nSPS) is 21.6. The number of rotatable bonds is 4. The van der Waals surface area contributed by atoms with Gasteiger partial charge >= 0.3 is 0 Å². The number of fused-ring (bicyclic) bond motifs is 1. The molecule has 1 aromatic rings. The number of nitrogens with one attached hydrogen (secondary N) is 1. The van der Waals surface area contributed by atoms with E-state index in [-0.39, 0.29) is 17.9 Å². The maximum atomic E-state index is 12.2. The molecule has 1 unspecified atom stereocenters. The van der Waals surface area contributed by atoms with Crippen LogP contribution in [0.4, 0.5) is 0 Å². The number of hydrogen-bond acceptors (Lipinski definition) is 3. The van der Waals surface area contributed by atoms with Crippen molar-refractivity contribution >= 4 is 5.91 Å². The summed E-state index contributed by atoms with van der Waals surface area (Å²) in [5.74, 6) is 0.160. The molecule has 1 aliphatic carbocycles. The Balaban J connectivity index is 2.06. The minimum absolute atomic E-state index is 0.0453. The Bertz CT molecular complexity index is 454. The summed E-state index contributed by atoms with van der Waals surface area (Å²) in [7, 11) is 1.95. The molecule has 0 aromatic carbocycles. The first-order valence-electron chi connectivity index (χ1n) is 7.11. The molecule has 3 atom stereocenters. The molecule has 0 saturated heterocycles. The molecule has 19 heavy (non-hydrogen) atoms. The van der Waals surface area contributed by atoms with Gasteiger partial charge in [0.25, 0.3) is 0 Å². The smallest absolute Gasteiger partial charge is 0.237 e. The van der Waals surface area contributed by atoms with Crippen molar-refractivity contribution < 1.29 is 4.79 Å². The van der Waals surface area contributed by atoms with Crippen LogP contribution in [0.25, 0.3) is 0 Å². The minimum atomic E-state index is -0.424. The molecule has 1 aliphatic rings. The SMILES string of the molecule is CC[C@H](C)[C@H](N)C(=O)NC1CCCc2c1cnn2C. The largest absolute Gasteiger partial charge is 0.348 e. The number of nitrogens with two attached hydrogens (primary N) is 1. The summed E-state index contributed by atoms with van der Waals surface area (Å²) in [5, 5.41) is 7.37. The van der Waals surface area contributed by atoms with Gasteiger partial charge in [0.1, 0.15) is 0 Å². The fourth-order valence-electron chi connectivity index (χ4n) is 2.64. The van der Waals surface area contributed by atoms with Crippen molar-refractivity contribution in [1.82, 2.24) is 15.1 Å². The van der Waals surface area contributed by atoms with E-state index in [1.807, 2.05) is 24.9 Å². The highest BCUT2D eigenvalue weighted by atomic mass is 16.2. The summed E-state index contributed by atoms with van der Waals surface area (Å²) in [6.07, 6.45) is 5.87. The summed E-state index contributed by atoms with van der Waals surface area (Å²) in [5.41, 5.74) is 8.36. The molecule has 0 fully saturated rings. The van der Waals surface area contributed by atoms with E-state index < -0.39 is 6.04 Å². The summed E-state index contributed by atoms with van der Waals surface area (Å²) in [6, 6.07) is -0.355. The fraction of sp³-hybridized carbons (Fsp3) is 0.714. The Hall–Kier alpha value is -1.36. The molecule has 0 radical (unpaired) electrons. The lowest BCUT2D eigenvalue weighted by Crippen LogP contribution is -2.46. The second-order valence-electron chi connectivity index (χ2n) is 5.53. The van der Waals surface area contributed by atoms with Gasteiger partial charge in [-0.15, -0.1) is 0 Å². The quantitative estimate of drug-likeness (QED) is 0.860. The van der Waals surface area contributed by atoms with Gasteiger partial charge in [0, 0.05) is 18.3 Å². The lowest BCUT2D eigenvalue weighted by molar-refractivity contribution is -0.124. The second-order valence-corrected chi connectivity index (χ2v) is 5.53. The molecule has 0 saturated carbocycles. The zero-order chi connectivity index (χ0) is 14.0. The first kappa shape index (κ1) is 14.1. The van der Waals surface area contributed by atoms with Crippen LogP contribution >= 0.6 is 0 Å². The van der Waals surface area contributed by atoms with Crippen LogP contribution in [-0.4, -0.2) is 21.7 Å². The number of aromatic nitrogens is 2. The van der Waals surface area contributed by atoms with Crippen LogP contribution in [0.3, 0.4) is 0 Å². The Labute approximate surface area is 114 Å². The molecule has 2 rings (SSSR count). The molecule has 106 valence electrons. The van der Waals surface area contributed by atoms with Crippen LogP contribution in [0.5, 0.6) is 0 Å². The molecule has 0 spiro atoms. The van der Waals surface area contributed by atoms with Gasteiger partial charge in [-0.05, 0) is 25.2 Å². The van der Waals surface area contributed by atoms with E-state index in [0.717, 1.165) is 31.2 Å². The zero-order valence-corrected chi connectivity index (χ0v) is 12.0. The summed E-state index contributed by atoms with van der Waals surface area (Å²) >= 11 is 0. The highest BCUT2D eigenvalue weighted by Gasteiger charge is 2.27. The maximum Gasteiger partial charge on any atom is 0.237 e. The summed E-state index contributed by atoms with van der Waals surface area (Å²) < 4.78 is 1.91. The van der Waals surface area contributed by atoms with Gasteiger partial charge < -0.3 is 11.1 Å². The number of amides is 1. The predicted molar refractivity (Wildman–Crippen MR) is 74.5 cm³/mol. The van der Waals surface area contributed by atoms with Crippen LogP contribution in [-0.2, 0) is 18.3 Å². The summed E-state index contributed by atoms with van der Waals surface area (Å²) in [4.78, 5) is 12.2. The van der Waals surface area contributed by atoms with Gasteiger partial charge in [-0.1, -0.05) is 20.3 Å². The van der Waals surface area contributed by atoms with E-state index >= 15 is 0 Å². The van der Waals surface area contributed by atoms with Crippen molar-refractivity contribution in [2.24, 2.45) is 18.7 Å². The van der Waals surface area contributed by atoms with Gasteiger partial charge in [0.15, 0.2) is 0 Å². The highest BCUT2D eigenvalue weighted by molar-refractivity contribution is 5.82. The Kier molecular flexibility index (Phi) is 4.24. The number of nitrogens with zero attached hydrogens (tertiary/aromatic N) is 2. The van der Waals surface area contributed by atoms with E-state index in [1.165, 1.54) is 5.69 Å². The average Bonchev–Trinajstić information content (AvgIpc) is 2.80. The first-order valence-corrected chi connectivity index (χ1v) is 7.11. The van der Waals surface area contributed by atoms with Crippen LogP contribution in [0.2, 0.25) is 0 Å². The van der Waals surface area contributed by atoms with Crippen molar-refractivity contribution in [3.8, 4) is 0 Å². The third-order valence-corrected chi connectivity index (χ3v) is 4.25. The number of carbonyl (C=O) groups is 1. The molecule has 0 aliphatic heterocycles. The fourth-order valence-corrected chi connectivity index (χ4v) is 2.64. The van der Waals surface area contributed by atoms with Crippen LogP contribution < -0.4 is 11.1 Å². The molecule has 3 N–H and O–H groups in total. The molecule has 5 heteroatoms. The molecular weight excluding hydrogens is 240 g/mol. The molecule has 5 nitrogen and oxygen atoms in total. The zero-order valence-electron chi connectivity index (χ0n) is 12.0. The molecule has 1 heterocycles. The van der Waals surface area contributed by atoms with Crippen LogP contribution in [0.15, 0.2) is 6.20 Å². The van der Waals surface area contributed by atoms with E-state index in [1.54, 1.807) is 0 Å². The van der Waals surface area contributed by atoms with Gasteiger partial charge in [0.05, 0.1) is 18.3 Å². The second kappa shape index (κ2) is 5.74. The molecule has 0 bridgehead atoms. The molecule has 1 aromatic heterocycles. The number of carbonyl (C=O) groups excluding carboxylic acids is 1. The Morgan fingerprint density at radius 1 is 1.68 bits per heavy atom. The number of aryl methyl sites for hydroxylation is 1. The van der Waals surface area contributed by atoms with Gasteiger partial charge in [-0.25, -0.2) is 0 Å². The molecule has 1 amide bonds. The van der Waals surface area contributed by atoms with Gasteiger partial charge in [0.2, 0.25) is 5.91 Å². The van der Waals surface area contributed by atoms with E-state index in [9.17, 15) is 4.79 Å². The third kappa shape index (κ3) is 2.81. The predicted octanol–water partition coefficient (Wildman–Crippen LogP) is 1.29. The lowest BCUT2D eigenvalue weighted by Gasteiger charge is -2.26. The first-order chi connectivity index (χ1) is 9.04. The Morgan fingerprint density at radius 2 is 2.42 bits per heavy atom. The minimum Gasteiger partial charge on any atom is -0.348 e. The topological polar surface area (TPSA) is 72.9 Å². The molecular formula is C14H24N4O. The van der Waals surface area contributed by atoms with Gasteiger partial charge in [-0.3, -0.25) is 9.48 Å². The Morgan fingerprint density at radius 3 is 3.11 bits per heavy atom. The van der Waals surface area contributed by atoms with Crippen molar-refractivity contribution in [3.05, 3.63) is 17.5 Å². The highest BCUT2D eigenvalue weighted by Crippen LogP contribution is 2.29. The number of hydrogen-bond donors (Lipinski definition) is 2. The summed E-state index contributed by atoms with van der Waals surface area (Å²) in [6.45, 7) is 4.07. The monoisotopic (exact) mass is 264 g/mol. The standard InChI is InChI=1S/C14H24N4O/c1-4-9(2)13(15)14(19)17-11-6-5-7-12-10(11)8-16-18(12)3/h8-9,11,13H,4-7,15H2,1-3H3,(H,17,19)/t9-,11?,13-/m0/s1. The maximum absolute atomic E-state index is 12.2. The van der Waals surface area contributed by atoms with Gasteiger partial charge in [-0.2, -0.15) is 5.10 Å². The van der Waals surface area contributed by atoms with Crippen molar-refractivity contribution in [3.63, 3.8) is 0 Å².